The normalized spacial score (nSPS) is 20.5. The van der Waals surface area contributed by atoms with Crippen LogP contribution in [0.25, 0.3) is 11.0 Å². The molecule has 2 fully saturated rings. The fraction of sp³-hybridized carbons (Fsp3) is 0.517. The number of anilines is 1. The molecular weight excluding hydrogens is 567 g/mol. The Morgan fingerprint density at radius 1 is 1.10 bits per heavy atom. The van der Waals surface area contributed by atoms with Crippen molar-refractivity contribution < 1.29 is 19.4 Å². The summed E-state index contributed by atoms with van der Waals surface area (Å²) in [7, 11) is 0. The maximum absolute atomic E-state index is 13.6. The number of hydrogen-bond acceptors (Lipinski definition) is 7. The first-order valence-electron chi connectivity index (χ1n) is 13.9. The van der Waals surface area contributed by atoms with Crippen molar-refractivity contribution in [3.8, 4) is 0 Å². The number of nitrogens with zero attached hydrogens (tertiary/aromatic N) is 6. The Balaban J connectivity index is 1.33. The van der Waals surface area contributed by atoms with Crippen molar-refractivity contribution in [2.24, 2.45) is 0 Å². The van der Waals surface area contributed by atoms with Gasteiger partial charge >= 0.3 is 6.09 Å². The number of halogens is 2. The third-order valence-electron chi connectivity index (χ3n) is 7.74. The van der Waals surface area contributed by atoms with Crippen LogP contribution in [0.2, 0.25) is 10.0 Å². The van der Waals surface area contributed by atoms with Crippen LogP contribution in [0.3, 0.4) is 0 Å². The number of aliphatic hydroxyl groups excluding tert-OH is 1. The van der Waals surface area contributed by atoms with Crippen LogP contribution in [0.5, 0.6) is 0 Å². The second kappa shape index (κ2) is 11.7. The molecule has 0 aliphatic carbocycles. The first-order valence-corrected chi connectivity index (χ1v) is 14.7. The van der Waals surface area contributed by atoms with E-state index in [1.807, 2.05) is 56.6 Å². The van der Waals surface area contributed by atoms with Crippen molar-refractivity contribution in [3.05, 3.63) is 52.0 Å². The molecule has 2 saturated heterocycles. The Bertz CT molecular complexity index is 1440. The highest BCUT2D eigenvalue weighted by Crippen LogP contribution is 2.32. The second-order valence-corrected chi connectivity index (χ2v) is 12.5. The van der Waals surface area contributed by atoms with Crippen LogP contribution in [0.1, 0.15) is 52.1 Å². The minimum atomic E-state index is -0.641. The smallest absolute Gasteiger partial charge is 0.410 e. The van der Waals surface area contributed by atoms with Crippen LogP contribution in [0.4, 0.5) is 10.5 Å². The van der Waals surface area contributed by atoms with E-state index >= 15 is 0 Å². The van der Waals surface area contributed by atoms with Crippen molar-refractivity contribution in [1.82, 2.24) is 24.8 Å². The largest absolute Gasteiger partial charge is 0.444 e. The fourth-order valence-corrected chi connectivity index (χ4v) is 6.24. The predicted molar refractivity (Wildman–Crippen MR) is 159 cm³/mol. The zero-order valence-electron chi connectivity index (χ0n) is 23.8. The zero-order valence-corrected chi connectivity index (χ0v) is 25.3. The SMILES string of the molecule is C[C@H](c1ccc(Cl)cc1Cl)n1nnc2ccc(N3CCN(C(=O)C4CCCN4C(=O)OC(C)(C)C)C(CO)C3)cc21. The molecule has 41 heavy (non-hydrogen) atoms. The Labute approximate surface area is 249 Å². The van der Waals surface area contributed by atoms with Crippen LogP contribution < -0.4 is 4.90 Å². The van der Waals surface area contributed by atoms with Crippen molar-refractivity contribution in [3.63, 3.8) is 0 Å². The summed E-state index contributed by atoms with van der Waals surface area (Å²) in [5, 5.41) is 20.2. The van der Waals surface area contributed by atoms with Gasteiger partial charge in [-0.2, -0.15) is 0 Å². The number of fused-ring (bicyclic) bond motifs is 1. The van der Waals surface area contributed by atoms with E-state index in [0.29, 0.717) is 42.6 Å². The summed E-state index contributed by atoms with van der Waals surface area (Å²) >= 11 is 12.6. The monoisotopic (exact) mass is 602 g/mol. The van der Waals surface area contributed by atoms with Gasteiger partial charge in [-0.1, -0.05) is 34.5 Å². The lowest BCUT2D eigenvalue weighted by molar-refractivity contribution is -0.139. The fourth-order valence-electron chi connectivity index (χ4n) is 5.67. The minimum Gasteiger partial charge on any atom is -0.444 e. The molecular formula is C29H36Cl2N6O4. The van der Waals surface area contributed by atoms with Crippen LogP contribution in [-0.2, 0) is 9.53 Å². The molecule has 12 heteroatoms. The maximum Gasteiger partial charge on any atom is 0.410 e. The predicted octanol–water partition coefficient (Wildman–Crippen LogP) is 4.76. The summed E-state index contributed by atoms with van der Waals surface area (Å²) in [6, 6.07) is 10.2. The highest BCUT2D eigenvalue weighted by molar-refractivity contribution is 6.35. The van der Waals surface area contributed by atoms with Crippen LogP contribution in [-0.4, -0.2) is 92.4 Å². The van der Waals surface area contributed by atoms with Gasteiger partial charge in [0, 0.05) is 41.9 Å². The number of benzene rings is 2. The highest BCUT2D eigenvalue weighted by atomic mass is 35.5. The van der Waals surface area contributed by atoms with E-state index in [4.69, 9.17) is 27.9 Å². The summed E-state index contributed by atoms with van der Waals surface area (Å²) < 4.78 is 7.38. The number of rotatable bonds is 5. The molecule has 5 rings (SSSR count). The van der Waals surface area contributed by atoms with Gasteiger partial charge in [0.25, 0.3) is 0 Å². The first kappa shape index (κ1) is 29.4. The molecule has 2 aliphatic rings. The second-order valence-electron chi connectivity index (χ2n) is 11.7. The molecule has 3 heterocycles. The minimum absolute atomic E-state index is 0.140. The number of carbonyl (C=O) groups excluding carboxylic acids is 2. The number of piperazine rings is 1. The molecule has 2 aromatic carbocycles. The molecule has 0 spiro atoms. The van der Waals surface area contributed by atoms with Gasteiger partial charge in [-0.25, -0.2) is 9.48 Å². The van der Waals surface area contributed by atoms with Crippen molar-refractivity contribution in [2.75, 3.05) is 37.7 Å². The average molecular weight is 604 g/mol. The van der Waals surface area contributed by atoms with E-state index in [9.17, 15) is 14.7 Å². The summed E-state index contributed by atoms with van der Waals surface area (Å²) in [6.45, 7) is 9.19. The zero-order chi connectivity index (χ0) is 29.5. The van der Waals surface area contributed by atoms with E-state index in [1.54, 1.807) is 17.0 Å². The Kier molecular flexibility index (Phi) is 8.36. The van der Waals surface area contributed by atoms with Crippen LogP contribution in [0, 0.1) is 0 Å². The Hall–Kier alpha value is -3.08. The average Bonchev–Trinajstić information content (AvgIpc) is 3.58. The summed E-state index contributed by atoms with van der Waals surface area (Å²) in [6.07, 6.45) is 0.848. The first-order chi connectivity index (χ1) is 19.5. The number of aliphatic hydroxyl groups is 1. The molecule has 2 aliphatic heterocycles. The van der Waals surface area contributed by atoms with Gasteiger partial charge in [0.1, 0.15) is 17.2 Å². The molecule has 1 aromatic heterocycles. The molecule has 10 nitrogen and oxygen atoms in total. The van der Waals surface area contributed by atoms with E-state index < -0.39 is 23.8 Å². The van der Waals surface area contributed by atoms with Gasteiger partial charge in [-0.15, -0.1) is 5.10 Å². The number of likely N-dealkylation sites (tertiary alicyclic amines) is 1. The van der Waals surface area contributed by atoms with Crippen molar-refractivity contribution in [2.45, 2.75) is 64.3 Å². The Morgan fingerprint density at radius 3 is 2.59 bits per heavy atom. The van der Waals surface area contributed by atoms with Gasteiger partial charge in [0.05, 0.1) is 24.2 Å². The standard InChI is InChI=1S/C29H36Cl2N6O4/c1-18(22-9-7-19(30)14-23(22)31)37-26-15-20(8-10-24(26)32-33-37)34-12-13-35(21(16-34)17-38)27(39)25-6-5-11-36(25)28(40)41-29(2,3)4/h7-10,14-15,18,21,25,38H,5-6,11-13,16-17H2,1-4H3/t18-,21?,25?/m1/s1. The molecule has 3 aromatic rings. The summed E-state index contributed by atoms with van der Waals surface area (Å²) in [4.78, 5) is 31.8. The topological polar surface area (TPSA) is 104 Å². The van der Waals surface area contributed by atoms with Crippen LogP contribution in [0.15, 0.2) is 36.4 Å². The maximum atomic E-state index is 13.6. The molecule has 2 unspecified atom stereocenters. The number of amides is 2. The van der Waals surface area contributed by atoms with Gasteiger partial charge < -0.3 is 19.6 Å². The number of ether oxygens (including phenoxy) is 1. The lowest BCUT2D eigenvalue weighted by atomic mass is 10.1. The summed E-state index contributed by atoms with van der Waals surface area (Å²) in [5.74, 6) is -0.140. The van der Waals surface area contributed by atoms with Crippen molar-refractivity contribution >= 4 is 51.9 Å². The van der Waals surface area contributed by atoms with Crippen LogP contribution >= 0.6 is 23.2 Å². The van der Waals surface area contributed by atoms with E-state index in [1.165, 1.54) is 4.90 Å². The van der Waals surface area contributed by atoms with Gasteiger partial charge in [-0.3, -0.25) is 9.69 Å². The molecule has 1 N–H and O–H groups in total. The molecule has 3 atom stereocenters. The third kappa shape index (κ3) is 6.10. The number of hydrogen-bond donors (Lipinski definition) is 1. The molecule has 0 radical (unpaired) electrons. The molecule has 220 valence electrons. The van der Waals surface area contributed by atoms with Gasteiger partial charge in [0.2, 0.25) is 5.91 Å². The quantitative estimate of drug-likeness (QED) is 0.449. The number of aromatic nitrogens is 3. The highest BCUT2D eigenvalue weighted by Gasteiger charge is 2.41. The van der Waals surface area contributed by atoms with Gasteiger partial charge in [0.15, 0.2) is 0 Å². The summed E-state index contributed by atoms with van der Waals surface area (Å²) in [5.41, 5.74) is 2.78. The molecule has 0 bridgehead atoms. The van der Waals surface area contributed by atoms with E-state index in [-0.39, 0.29) is 18.6 Å². The Morgan fingerprint density at radius 2 is 1.88 bits per heavy atom. The third-order valence-corrected chi connectivity index (χ3v) is 8.30. The molecule has 2 amide bonds. The number of carbonyl (C=O) groups is 2. The van der Waals surface area contributed by atoms with E-state index in [0.717, 1.165) is 28.7 Å². The van der Waals surface area contributed by atoms with Crippen molar-refractivity contribution in [1.29, 1.82) is 0 Å². The van der Waals surface area contributed by atoms with Gasteiger partial charge in [-0.05, 0) is 76.4 Å². The lowest BCUT2D eigenvalue weighted by Gasteiger charge is -2.43. The van der Waals surface area contributed by atoms with E-state index in [2.05, 4.69) is 15.2 Å². The molecule has 0 saturated carbocycles. The lowest BCUT2D eigenvalue weighted by Crippen LogP contribution is -2.60.